The fourth-order valence-electron chi connectivity index (χ4n) is 2.73. The summed E-state index contributed by atoms with van der Waals surface area (Å²) in [5.74, 6) is 0.993. The standard InChI is InChI=1S/C16H22ClNO3/c1-11(19)12-5-7-18(8-6-12)10-15(20)13-3-4-16(21-2)14(17)9-13/h3-4,9,11-12,19H,5-8,10H2,1-2H3. The molecule has 1 aliphatic heterocycles. The number of Topliss-reactive ketones (excluding diaryl/α,β-unsaturated/α-hetero) is 1. The Labute approximate surface area is 130 Å². The minimum Gasteiger partial charge on any atom is -0.495 e. The molecule has 0 aliphatic carbocycles. The summed E-state index contributed by atoms with van der Waals surface area (Å²) in [5.41, 5.74) is 0.610. The number of hydrogen-bond acceptors (Lipinski definition) is 4. The number of piperidine rings is 1. The highest BCUT2D eigenvalue weighted by molar-refractivity contribution is 6.32. The van der Waals surface area contributed by atoms with Crippen LogP contribution in [0.1, 0.15) is 30.1 Å². The Morgan fingerprint density at radius 2 is 2.14 bits per heavy atom. The number of halogens is 1. The van der Waals surface area contributed by atoms with Crippen LogP contribution < -0.4 is 4.74 Å². The summed E-state index contributed by atoms with van der Waals surface area (Å²) in [7, 11) is 1.55. The summed E-state index contributed by atoms with van der Waals surface area (Å²) in [4.78, 5) is 14.4. The van der Waals surface area contributed by atoms with E-state index in [1.54, 1.807) is 25.3 Å². The Balaban J connectivity index is 1.92. The molecule has 21 heavy (non-hydrogen) atoms. The third kappa shape index (κ3) is 4.19. The molecule has 0 spiro atoms. The Bertz CT molecular complexity index is 496. The van der Waals surface area contributed by atoms with Crippen LogP contribution in [-0.4, -0.2) is 48.6 Å². The maximum Gasteiger partial charge on any atom is 0.176 e. The first kappa shape index (κ1) is 16.3. The average Bonchev–Trinajstić information content (AvgIpc) is 2.47. The van der Waals surface area contributed by atoms with Gasteiger partial charge in [0.1, 0.15) is 5.75 Å². The van der Waals surface area contributed by atoms with Crippen molar-refractivity contribution >= 4 is 17.4 Å². The van der Waals surface area contributed by atoms with Gasteiger partial charge in [0.2, 0.25) is 0 Å². The lowest BCUT2D eigenvalue weighted by molar-refractivity contribution is 0.0664. The predicted octanol–water partition coefficient (Wildman–Crippen LogP) is 2.62. The van der Waals surface area contributed by atoms with Crippen LogP contribution in [0.25, 0.3) is 0 Å². The number of hydrogen-bond donors (Lipinski definition) is 1. The van der Waals surface area contributed by atoms with Crippen molar-refractivity contribution in [2.75, 3.05) is 26.7 Å². The van der Waals surface area contributed by atoms with Crippen molar-refractivity contribution < 1.29 is 14.6 Å². The zero-order valence-electron chi connectivity index (χ0n) is 12.5. The van der Waals surface area contributed by atoms with E-state index in [4.69, 9.17) is 16.3 Å². The molecule has 0 aromatic heterocycles. The molecule has 1 unspecified atom stereocenters. The molecule has 5 heteroatoms. The molecule has 1 aliphatic rings. The van der Waals surface area contributed by atoms with Crippen LogP contribution in [0.15, 0.2) is 18.2 Å². The Hall–Kier alpha value is -1.10. The van der Waals surface area contributed by atoms with E-state index < -0.39 is 0 Å². The molecule has 4 nitrogen and oxygen atoms in total. The zero-order chi connectivity index (χ0) is 15.4. The number of methoxy groups -OCH3 is 1. The molecule has 1 heterocycles. The SMILES string of the molecule is COc1ccc(C(=O)CN2CCC(C(C)O)CC2)cc1Cl. The lowest BCUT2D eigenvalue weighted by Gasteiger charge is -2.32. The summed E-state index contributed by atoms with van der Waals surface area (Å²) in [5, 5.41) is 10.0. The molecule has 1 aromatic carbocycles. The summed E-state index contributed by atoms with van der Waals surface area (Å²) in [6.45, 7) is 3.94. The molecular formula is C16H22ClNO3. The van der Waals surface area contributed by atoms with Crippen molar-refractivity contribution in [2.45, 2.75) is 25.9 Å². The fraction of sp³-hybridized carbons (Fsp3) is 0.562. The van der Waals surface area contributed by atoms with Gasteiger partial charge in [-0.1, -0.05) is 11.6 Å². The highest BCUT2D eigenvalue weighted by atomic mass is 35.5. The summed E-state index contributed by atoms with van der Waals surface area (Å²) < 4.78 is 5.09. The van der Waals surface area contributed by atoms with Gasteiger partial charge in [0.25, 0.3) is 0 Å². The Morgan fingerprint density at radius 3 is 2.67 bits per heavy atom. The normalized spacial score (nSPS) is 18.5. The van der Waals surface area contributed by atoms with Crippen molar-refractivity contribution in [2.24, 2.45) is 5.92 Å². The highest BCUT2D eigenvalue weighted by Gasteiger charge is 2.24. The van der Waals surface area contributed by atoms with Crippen LogP contribution in [0, 0.1) is 5.92 Å². The van der Waals surface area contributed by atoms with Gasteiger partial charge in [0.05, 0.1) is 24.8 Å². The smallest absolute Gasteiger partial charge is 0.176 e. The van der Waals surface area contributed by atoms with E-state index in [1.807, 2.05) is 6.92 Å². The Kier molecular flexibility index (Phi) is 5.62. The summed E-state index contributed by atoms with van der Waals surface area (Å²) in [6.07, 6.45) is 1.62. The molecular weight excluding hydrogens is 290 g/mol. The van der Waals surface area contributed by atoms with Crippen LogP contribution >= 0.6 is 11.6 Å². The second-order valence-electron chi connectivity index (χ2n) is 5.63. The molecule has 1 N–H and O–H groups in total. The van der Waals surface area contributed by atoms with E-state index >= 15 is 0 Å². The van der Waals surface area contributed by atoms with Gasteiger partial charge in [0.15, 0.2) is 5.78 Å². The van der Waals surface area contributed by atoms with E-state index in [0.717, 1.165) is 25.9 Å². The monoisotopic (exact) mass is 311 g/mol. The quantitative estimate of drug-likeness (QED) is 0.849. The summed E-state index contributed by atoms with van der Waals surface area (Å²) in [6, 6.07) is 5.12. The third-order valence-electron chi connectivity index (χ3n) is 4.16. The molecule has 0 saturated carbocycles. The number of nitrogens with zero attached hydrogens (tertiary/aromatic N) is 1. The van der Waals surface area contributed by atoms with Gasteiger partial charge in [-0.05, 0) is 57.0 Å². The number of carbonyl (C=O) groups excluding carboxylic acids is 1. The largest absolute Gasteiger partial charge is 0.495 e. The molecule has 0 radical (unpaired) electrons. The van der Waals surface area contributed by atoms with Crippen molar-refractivity contribution in [3.05, 3.63) is 28.8 Å². The number of aliphatic hydroxyl groups is 1. The second kappa shape index (κ2) is 7.25. The van der Waals surface area contributed by atoms with Crippen molar-refractivity contribution in [1.82, 2.24) is 4.90 Å². The number of likely N-dealkylation sites (tertiary alicyclic amines) is 1. The predicted molar refractivity (Wildman–Crippen MR) is 83.2 cm³/mol. The van der Waals surface area contributed by atoms with Crippen LogP contribution in [0.2, 0.25) is 5.02 Å². The molecule has 2 rings (SSSR count). The number of ether oxygens (including phenoxy) is 1. The van der Waals surface area contributed by atoms with Gasteiger partial charge in [0, 0.05) is 5.56 Å². The van der Waals surface area contributed by atoms with Gasteiger partial charge < -0.3 is 9.84 Å². The van der Waals surface area contributed by atoms with Crippen LogP contribution in [0.5, 0.6) is 5.75 Å². The number of benzene rings is 1. The van der Waals surface area contributed by atoms with Crippen LogP contribution in [0.4, 0.5) is 0 Å². The number of ketones is 1. The Morgan fingerprint density at radius 1 is 1.48 bits per heavy atom. The van der Waals surface area contributed by atoms with E-state index in [-0.39, 0.29) is 11.9 Å². The highest BCUT2D eigenvalue weighted by Crippen LogP contribution is 2.26. The molecule has 1 atom stereocenters. The van der Waals surface area contributed by atoms with E-state index in [2.05, 4.69) is 4.90 Å². The van der Waals surface area contributed by atoms with Gasteiger partial charge in [-0.15, -0.1) is 0 Å². The van der Waals surface area contributed by atoms with Gasteiger partial charge in [-0.3, -0.25) is 9.69 Å². The molecule has 0 amide bonds. The maximum absolute atomic E-state index is 12.3. The zero-order valence-corrected chi connectivity index (χ0v) is 13.3. The lowest BCUT2D eigenvalue weighted by Crippen LogP contribution is -2.39. The second-order valence-corrected chi connectivity index (χ2v) is 6.03. The first-order chi connectivity index (χ1) is 10.0. The van der Waals surface area contributed by atoms with Crippen molar-refractivity contribution in [1.29, 1.82) is 0 Å². The lowest BCUT2D eigenvalue weighted by atomic mass is 9.92. The fourth-order valence-corrected chi connectivity index (χ4v) is 2.99. The van der Waals surface area contributed by atoms with E-state index in [0.29, 0.717) is 28.8 Å². The molecule has 1 aromatic rings. The molecule has 1 fully saturated rings. The van der Waals surface area contributed by atoms with E-state index in [9.17, 15) is 9.90 Å². The minimum atomic E-state index is -0.261. The van der Waals surface area contributed by atoms with Crippen LogP contribution in [0.3, 0.4) is 0 Å². The molecule has 116 valence electrons. The molecule has 1 saturated heterocycles. The third-order valence-corrected chi connectivity index (χ3v) is 4.45. The minimum absolute atomic E-state index is 0.0649. The van der Waals surface area contributed by atoms with E-state index in [1.165, 1.54) is 0 Å². The number of aliphatic hydroxyl groups excluding tert-OH is 1. The van der Waals surface area contributed by atoms with Crippen molar-refractivity contribution in [3.8, 4) is 5.75 Å². The van der Waals surface area contributed by atoms with Gasteiger partial charge >= 0.3 is 0 Å². The van der Waals surface area contributed by atoms with Gasteiger partial charge in [-0.25, -0.2) is 0 Å². The van der Waals surface area contributed by atoms with Gasteiger partial charge in [-0.2, -0.15) is 0 Å². The average molecular weight is 312 g/mol. The first-order valence-electron chi connectivity index (χ1n) is 7.28. The number of rotatable bonds is 5. The molecule has 0 bridgehead atoms. The summed E-state index contributed by atoms with van der Waals surface area (Å²) >= 11 is 6.05. The maximum atomic E-state index is 12.3. The first-order valence-corrected chi connectivity index (χ1v) is 7.66. The van der Waals surface area contributed by atoms with Crippen molar-refractivity contribution in [3.63, 3.8) is 0 Å². The van der Waals surface area contributed by atoms with Crippen LogP contribution in [-0.2, 0) is 0 Å². The number of carbonyl (C=O) groups is 1. The topological polar surface area (TPSA) is 49.8 Å².